The summed E-state index contributed by atoms with van der Waals surface area (Å²) in [4.78, 5) is 24.2. The Morgan fingerprint density at radius 1 is 1.03 bits per heavy atom. The summed E-state index contributed by atoms with van der Waals surface area (Å²) in [6, 6.07) is 20.8. The van der Waals surface area contributed by atoms with Gasteiger partial charge in [0.05, 0.1) is 11.3 Å². The van der Waals surface area contributed by atoms with Gasteiger partial charge in [-0.1, -0.05) is 24.3 Å². The molecule has 4 rings (SSSR count). The molecule has 162 valence electrons. The van der Waals surface area contributed by atoms with E-state index < -0.39 is 0 Å². The molecule has 4 aromatic rings. The number of aromatic nitrogens is 2. The lowest BCUT2D eigenvalue weighted by molar-refractivity contribution is 0.435. The van der Waals surface area contributed by atoms with E-state index in [1.165, 1.54) is 4.57 Å². The van der Waals surface area contributed by atoms with E-state index in [1.807, 2.05) is 36.4 Å². The van der Waals surface area contributed by atoms with Crippen LogP contribution in [0.5, 0.6) is 5.88 Å². The molecule has 0 amide bonds. The predicted octanol–water partition coefficient (Wildman–Crippen LogP) is 5.08. The largest absolute Gasteiger partial charge is 0.494 e. The van der Waals surface area contributed by atoms with Gasteiger partial charge in [0.1, 0.15) is 5.82 Å². The number of aromatic hydroxyl groups is 1. The number of hydrogen-bond donors (Lipinski definition) is 1. The fourth-order valence-corrected chi connectivity index (χ4v) is 3.90. The number of hydrogen-bond acceptors (Lipinski definition) is 5. The summed E-state index contributed by atoms with van der Waals surface area (Å²) >= 11 is 0. The van der Waals surface area contributed by atoms with Crippen molar-refractivity contribution >= 4 is 28.4 Å². The third kappa shape index (κ3) is 3.99. The van der Waals surface area contributed by atoms with E-state index in [-0.39, 0.29) is 11.4 Å². The fourth-order valence-electron chi connectivity index (χ4n) is 3.90. The average molecular weight is 427 g/mol. The van der Waals surface area contributed by atoms with Crippen molar-refractivity contribution in [2.75, 3.05) is 11.4 Å². The first-order valence-electron chi connectivity index (χ1n) is 10.7. The van der Waals surface area contributed by atoms with Gasteiger partial charge in [-0.25, -0.2) is 9.55 Å². The zero-order valence-corrected chi connectivity index (χ0v) is 18.4. The Morgan fingerprint density at radius 3 is 2.34 bits per heavy atom. The topological polar surface area (TPSA) is 70.7 Å². The smallest absolute Gasteiger partial charge is 0.267 e. The van der Waals surface area contributed by atoms with Gasteiger partial charge in [-0.05, 0) is 63.2 Å². The van der Waals surface area contributed by atoms with Crippen molar-refractivity contribution in [1.29, 1.82) is 0 Å². The van der Waals surface area contributed by atoms with Crippen LogP contribution in [-0.4, -0.2) is 33.5 Å². The molecule has 0 spiro atoms. The minimum atomic E-state index is -0.327. The summed E-state index contributed by atoms with van der Waals surface area (Å²) in [6.45, 7) is 7.39. The molecular weight excluding hydrogens is 400 g/mol. The average Bonchev–Trinajstić information content (AvgIpc) is 2.81. The van der Waals surface area contributed by atoms with Gasteiger partial charge >= 0.3 is 0 Å². The molecule has 0 saturated heterocycles. The Morgan fingerprint density at radius 2 is 1.72 bits per heavy atom. The number of anilines is 1. The number of pyridine rings is 2. The molecule has 0 aliphatic rings. The Balaban J connectivity index is 1.80. The summed E-state index contributed by atoms with van der Waals surface area (Å²) in [5.41, 5.74) is 2.03. The lowest BCUT2D eigenvalue weighted by Crippen LogP contribution is -2.30. The van der Waals surface area contributed by atoms with Crippen molar-refractivity contribution in [2.45, 2.75) is 26.8 Å². The summed E-state index contributed by atoms with van der Waals surface area (Å²) in [7, 11) is 0. The van der Waals surface area contributed by atoms with Crippen LogP contribution >= 0.6 is 0 Å². The summed E-state index contributed by atoms with van der Waals surface area (Å²) in [5.74, 6) is 0.165. The molecule has 0 atom stereocenters. The van der Waals surface area contributed by atoms with E-state index in [1.54, 1.807) is 42.7 Å². The van der Waals surface area contributed by atoms with Crippen LogP contribution in [0, 0.1) is 0 Å². The highest BCUT2D eigenvalue weighted by Gasteiger charge is 2.16. The molecule has 0 radical (unpaired) electrons. The van der Waals surface area contributed by atoms with Gasteiger partial charge in [0.25, 0.3) is 5.56 Å². The van der Waals surface area contributed by atoms with Gasteiger partial charge in [-0.2, -0.15) is 0 Å². The Bertz CT molecular complexity index is 1310. The summed E-state index contributed by atoms with van der Waals surface area (Å²) in [6.07, 6.45) is 3.19. The molecule has 0 aliphatic carbocycles. The molecule has 6 heteroatoms. The lowest BCUT2D eigenvalue weighted by Gasteiger charge is -2.27. The highest BCUT2D eigenvalue weighted by molar-refractivity contribution is 6.02. The summed E-state index contributed by atoms with van der Waals surface area (Å²) in [5, 5.41) is 12.2. The first kappa shape index (κ1) is 21.3. The molecular formula is C26H26N4O2. The van der Waals surface area contributed by atoms with Crippen molar-refractivity contribution in [3.8, 4) is 11.7 Å². The second-order valence-electron chi connectivity index (χ2n) is 7.77. The fraction of sp³-hybridized carbons (Fsp3) is 0.192. The van der Waals surface area contributed by atoms with Crippen molar-refractivity contribution in [3.63, 3.8) is 0 Å². The maximum atomic E-state index is 13.1. The van der Waals surface area contributed by atoms with E-state index >= 15 is 0 Å². The van der Waals surface area contributed by atoms with Crippen LogP contribution < -0.4 is 10.5 Å². The number of nitrogens with zero attached hydrogens (tertiary/aromatic N) is 4. The molecule has 2 aromatic heterocycles. The second kappa shape index (κ2) is 9.06. The normalized spacial score (nSPS) is 11.5. The second-order valence-corrected chi connectivity index (χ2v) is 7.77. The van der Waals surface area contributed by atoms with Crippen LogP contribution in [0.1, 0.15) is 26.3 Å². The van der Waals surface area contributed by atoms with Crippen LogP contribution in [-0.2, 0) is 0 Å². The maximum absolute atomic E-state index is 13.1. The van der Waals surface area contributed by atoms with Crippen molar-refractivity contribution in [2.24, 2.45) is 4.99 Å². The van der Waals surface area contributed by atoms with E-state index in [4.69, 9.17) is 0 Å². The van der Waals surface area contributed by atoms with E-state index in [2.05, 4.69) is 35.6 Å². The highest BCUT2D eigenvalue weighted by Crippen LogP contribution is 2.27. The Kier molecular flexibility index (Phi) is 6.03. The first-order valence-corrected chi connectivity index (χ1v) is 10.7. The number of aliphatic imine (C=N–C) groups is 1. The summed E-state index contributed by atoms with van der Waals surface area (Å²) < 4.78 is 1.22. The first-order chi connectivity index (χ1) is 15.5. The van der Waals surface area contributed by atoms with Crippen LogP contribution in [0.3, 0.4) is 0 Å². The Labute approximate surface area is 187 Å². The molecule has 0 saturated carbocycles. The molecule has 0 fully saturated rings. The maximum Gasteiger partial charge on any atom is 0.267 e. The number of benzene rings is 2. The zero-order chi connectivity index (χ0) is 22.7. The quantitative estimate of drug-likeness (QED) is 0.437. The van der Waals surface area contributed by atoms with Gasteiger partial charge in [0.15, 0.2) is 0 Å². The van der Waals surface area contributed by atoms with E-state index in [0.717, 1.165) is 17.9 Å². The van der Waals surface area contributed by atoms with Crippen LogP contribution in [0.4, 0.5) is 11.4 Å². The molecule has 0 aliphatic heterocycles. The highest BCUT2D eigenvalue weighted by atomic mass is 16.3. The molecule has 1 N–H and O–H groups in total. The predicted molar refractivity (Wildman–Crippen MR) is 131 cm³/mol. The number of rotatable bonds is 6. The SMILES string of the molecule is CCN(c1ccc(N=Cc2c(O)n(-c3ccccn3)c(=O)c3ccccc23)cc1)C(C)C. The van der Waals surface area contributed by atoms with Crippen molar-refractivity contribution in [1.82, 2.24) is 9.55 Å². The van der Waals surface area contributed by atoms with Crippen molar-refractivity contribution in [3.05, 3.63) is 88.8 Å². The minimum absolute atomic E-state index is 0.190. The standard InChI is InChI=1S/C26H26N4O2/c1-4-29(18(2)3)20-14-12-19(13-15-20)28-17-23-21-9-5-6-10-22(21)25(31)30(26(23)32)24-11-7-8-16-27-24/h5-18,32H,4H2,1-3H3. The minimum Gasteiger partial charge on any atom is -0.494 e. The Hall–Kier alpha value is -3.93. The van der Waals surface area contributed by atoms with Crippen LogP contribution in [0.25, 0.3) is 16.6 Å². The van der Waals surface area contributed by atoms with E-state index in [9.17, 15) is 9.90 Å². The zero-order valence-electron chi connectivity index (χ0n) is 18.4. The van der Waals surface area contributed by atoms with Crippen molar-refractivity contribution < 1.29 is 5.11 Å². The molecule has 2 heterocycles. The number of fused-ring (bicyclic) bond motifs is 1. The van der Waals surface area contributed by atoms with E-state index in [0.29, 0.717) is 28.2 Å². The van der Waals surface area contributed by atoms with Gasteiger partial charge in [-0.3, -0.25) is 9.79 Å². The third-order valence-electron chi connectivity index (χ3n) is 5.47. The molecule has 32 heavy (non-hydrogen) atoms. The molecule has 2 aromatic carbocycles. The van der Waals surface area contributed by atoms with Crippen LogP contribution in [0.15, 0.2) is 82.7 Å². The lowest BCUT2D eigenvalue weighted by atomic mass is 10.1. The molecule has 0 bridgehead atoms. The third-order valence-corrected chi connectivity index (χ3v) is 5.47. The monoisotopic (exact) mass is 426 g/mol. The molecule has 6 nitrogen and oxygen atoms in total. The molecule has 0 unspecified atom stereocenters. The van der Waals surface area contributed by atoms with Crippen LogP contribution in [0.2, 0.25) is 0 Å². The van der Waals surface area contributed by atoms with Gasteiger partial charge < -0.3 is 10.0 Å². The van der Waals surface area contributed by atoms with Gasteiger partial charge in [-0.15, -0.1) is 0 Å². The van der Waals surface area contributed by atoms with Gasteiger partial charge in [0, 0.05) is 41.5 Å². The van der Waals surface area contributed by atoms with Gasteiger partial charge in [0.2, 0.25) is 5.88 Å².